The Balaban J connectivity index is 1.47. The molecule has 0 amide bonds. The standard InChI is InChI=1S/C14H24N2/c1-9-7-15-4-5-16(8-9)14-12-10-2-3-11(6-10)13(12)14/h9-15H,2-8H2,1H3. The maximum atomic E-state index is 3.57. The predicted molar refractivity (Wildman–Crippen MR) is 65.2 cm³/mol. The molecule has 4 aliphatic rings. The van der Waals surface area contributed by atoms with Crippen LogP contribution in [-0.4, -0.2) is 37.1 Å². The number of nitrogens with zero attached hydrogens (tertiary/aromatic N) is 1. The number of hydrogen-bond donors (Lipinski definition) is 1. The second-order valence-corrected chi connectivity index (χ2v) is 6.78. The van der Waals surface area contributed by atoms with Crippen LogP contribution in [-0.2, 0) is 0 Å². The summed E-state index contributed by atoms with van der Waals surface area (Å²) in [6.07, 6.45) is 4.71. The summed E-state index contributed by atoms with van der Waals surface area (Å²) in [4.78, 5) is 2.84. The van der Waals surface area contributed by atoms with Crippen LogP contribution in [0.5, 0.6) is 0 Å². The molecular weight excluding hydrogens is 196 g/mol. The number of nitrogens with one attached hydrogen (secondary N) is 1. The monoisotopic (exact) mass is 220 g/mol. The first-order chi connectivity index (χ1) is 7.84. The van der Waals surface area contributed by atoms with E-state index in [1.165, 1.54) is 26.2 Å². The van der Waals surface area contributed by atoms with Crippen molar-refractivity contribution in [2.75, 3.05) is 26.2 Å². The highest BCUT2D eigenvalue weighted by atomic mass is 15.2. The third-order valence-corrected chi connectivity index (χ3v) is 5.73. The highest BCUT2D eigenvalue weighted by Crippen LogP contribution is 2.67. The van der Waals surface area contributed by atoms with Gasteiger partial charge in [0, 0.05) is 25.7 Å². The first kappa shape index (κ1) is 9.90. The second kappa shape index (κ2) is 3.46. The van der Waals surface area contributed by atoms with E-state index in [4.69, 9.17) is 0 Å². The Morgan fingerprint density at radius 2 is 1.88 bits per heavy atom. The van der Waals surface area contributed by atoms with Gasteiger partial charge in [-0.2, -0.15) is 0 Å². The van der Waals surface area contributed by atoms with Crippen LogP contribution in [0.25, 0.3) is 0 Å². The van der Waals surface area contributed by atoms with E-state index in [0.717, 1.165) is 35.6 Å². The molecule has 2 bridgehead atoms. The molecule has 1 heterocycles. The molecular formula is C14H24N2. The average molecular weight is 220 g/mol. The van der Waals surface area contributed by atoms with Gasteiger partial charge in [0.15, 0.2) is 0 Å². The molecule has 0 spiro atoms. The lowest BCUT2D eigenvalue weighted by Gasteiger charge is -2.25. The van der Waals surface area contributed by atoms with Gasteiger partial charge in [0.25, 0.3) is 0 Å². The van der Waals surface area contributed by atoms with Gasteiger partial charge in [0.1, 0.15) is 0 Å². The minimum absolute atomic E-state index is 0.849. The molecule has 0 aromatic heterocycles. The van der Waals surface area contributed by atoms with Gasteiger partial charge >= 0.3 is 0 Å². The fourth-order valence-corrected chi connectivity index (χ4v) is 5.16. The summed E-state index contributed by atoms with van der Waals surface area (Å²) in [5, 5.41) is 3.57. The fourth-order valence-electron chi connectivity index (χ4n) is 5.16. The van der Waals surface area contributed by atoms with Gasteiger partial charge in [-0.1, -0.05) is 6.92 Å². The quantitative estimate of drug-likeness (QED) is 0.721. The van der Waals surface area contributed by atoms with Crippen LogP contribution in [0, 0.1) is 29.6 Å². The molecule has 16 heavy (non-hydrogen) atoms. The molecule has 3 saturated carbocycles. The van der Waals surface area contributed by atoms with Crippen molar-refractivity contribution >= 4 is 0 Å². The van der Waals surface area contributed by atoms with Gasteiger partial charge in [0.05, 0.1) is 0 Å². The topological polar surface area (TPSA) is 15.3 Å². The van der Waals surface area contributed by atoms with Crippen molar-refractivity contribution in [2.45, 2.75) is 32.2 Å². The number of fused-ring (bicyclic) bond motifs is 5. The van der Waals surface area contributed by atoms with Gasteiger partial charge in [-0.3, -0.25) is 4.90 Å². The van der Waals surface area contributed by atoms with E-state index in [9.17, 15) is 0 Å². The summed E-state index contributed by atoms with van der Waals surface area (Å²) in [7, 11) is 0. The minimum Gasteiger partial charge on any atom is -0.315 e. The largest absolute Gasteiger partial charge is 0.315 e. The van der Waals surface area contributed by atoms with Crippen molar-refractivity contribution < 1.29 is 0 Å². The highest BCUT2D eigenvalue weighted by molar-refractivity contribution is 5.17. The van der Waals surface area contributed by atoms with Crippen LogP contribution >= 0.6 is 0 Å². The SMILES string of the molecule is CC1CNCCN(C2C3C4CCC(C4)C32)C1. The Morgan fingerprint density at radius 3 is 2.62 bits per heavy atom. The van der Waals surface area contributed by atoms with E-state index < -0.39 is 0 Å². The van der Waals surface area contributed by atoms with E-state index in [1.807, 2.05) is 0 Å². The van der Waals surface area contributed by atoms with Gasteiger partial charge < -0.3 is 5.32 Å². The van der Waals surface area contributed by atoms with Crippen molar-refractivity contribution in [3.63, 3.8) is 0 Å². The van der Waals surface area contributed by atoms with Crippen molar-refractivity contribution in [3.05, 3.63) is 0 Å². The summed E-state index contributed by atoms with van der Waals surface area (Å²) in [5.74, 6) is 5.37. The summed E-state index contributed by atoms with van der Waals surface area (Å²) in [6, 6.07) is 1.01. The van der Waals surface area contributed by atoms with E-state index in [1.54, 1.807) is 19.3 Å². The minimum atomic E-state index is 0.849. The van der Waals surface area contributed by atoms with Crippen LogP contribution in [0.2, 0.25) is 0 Å². The predicted octanol–water partition coefficient (Wildman–Crippen LogP) is 1.57. The maximum absolute atomic E-state index is 3.57. The van der Waals surface area contributed by atoms with Gasteiger partial charge in [-0.05, 0) is 55.4 Å². The summed E-state index contributed by atoms with van der Waals surface area (Å²) in [6.45, 7) is 7.50. The van der Waals surface area contributed by atoms with Gasteiger partial charge in [0.2, 0.25) is 0 Å². The zero-order valence-electron chi connectivity index (χ0n) is 10.4. The Kier molecular flexibility index (Phi) is 2.14. The van der Waals surface area contributed by atoms with Gasteiger partial charge in [-0.15, -0.1) is 0 Å². The molecule has 1 saturated heterocycles. The van der Waals surface area contributed by atoms with Crippen LogP contribution < -0.4 is 5.32 Å². The van der Waals surface area contributed by atoms with E-state index in [-0.39, 0.29) is 0 Å². The Labute approximate surface area is 98.8 Å². The molecule has 2 nitrogen and oxygen atoms in total. The van der Waals surface area contributed by atoms with Crippen molar-refractivity contribution in [2.24, 2.45) is 29.6 Å². The fraction of sp³-hybridized carbons (Fsp3) is 1.00. The van der Waals surface area contributed by atoms with Crippen molar-refractivity contribution in [1.29, 1.82) is 0 Å². The van der Waals surface area contributed by atoms with Crippen LogP contribution in [0.3, 0.4) is 0 Å². The van der Waals surface area contributed by atoms with Crippen LogP contribution in [0.4, 0.5) is 0 Å². The Morgan fingerprint density at radius 1 is 1.12 bits per heavy atom. The molecule has 1 aliphatic heterocycles. The Hall–Kier alpha value is -0.0800. The Bertz CT molecular complexity index is 274. The van der Waals surface area contributed by atoms with Crippen molar-refractivity contribution in [3.8, 4) is 0 Å². The molecule has 2 heteroatoms. The number of rotatable bonds is 1. The third-order valence-electron chi connectivity index (χ3n) is 5.73. The van der Waals surface area contributed by atoms with E-state index in [2.05, 4.69) is 17.1 Å². The number of hydrogen-bond acceptors (Lipinski definition) is 2. The molecule has 3 aliphatic carbocycles. The molecule has 0 radical (unpaired) electrons. The highest BCUT2D eigenvalue weighted by Gasteiger charge is 2.66. The lowest BCUT2D eigenvalue weighted by atomic mass is 10.0. The maximum Gasteiger partial charge on any atom is 0.0164 e. The van der Waals surface area contributed by atoms with E-state index >= 15 is 0 Å². The smallest absolute Gasteiger partial charge is 0.0164 e. The summed E-state index contributed by atoms with van der Waals surface area (Å²) in [5.41, 5.74) is 0. The lowest BCUT2D eigenvalue weighted by molar-refractivity contribution is 0.213. The zero-order chi connectivity index (χ0) is 10.7. The van der Waals surface area contributed by atoms with Crippen LogP contribution in [0.15, 0.2) is 0 Å². The molecule has 5 atom stereocenters. The molecule has 0 aromatic rings. The van der Waals surface area contributed by atoms with Crippen molar-refractivity contribution in [1.82, 2.24) is 10.2 Å². The van der Waals surface area contributed by atoms with E-state index in [0.29, 0.717) is 0 Å². The molecule has 4 fully saturated rings. The first-order valence-corrected chi connectivity index (χ1v) is 7.29. The normalized spacial score (nSPS) is 56.1. The third kappa shape index (κ3) is 1.32. The van der Waals surface area contributed by atoms with Gasteiger partial charge in [-0.25, -0.2) is 0 Å². The lowest BCUT2D eigenvalue weighted by Crippen LogP contribution is -2.34. The molecule has 1 N–H and O–H groups in total. The molecule has 5 unspecified atom stereocenters. The summed E-state index contributed by atoms with van der Waals surface area (Å²) < 4.78 is 0. The molecule has 4 rings (SSSR count). The molecule has 90 valence electrons. The first-order valence-electron chi connectivity index (χ1n) is 7.29. The summed E-state index contributed by atoms with van der Waals surface area (Å²) >= 11 is 0. The second-order valence-electron chi connectivity index (χ2n) is 6.78. The van der Waals surface area contributed by atoms with Crippen LogP contribution in [0.1, 0.15) is 26.2 Å². The zero-order valence-corrected chi connectivity index (χ0v) is 10.4. The average Bonchev–Trinajstić information content (AvgIpc) is 2.81. The molecule has 0 aromatic carbocycles.